The van der Waals surface area contributed by atoms with Crippen LogP contribution in [0.4, 0.5) is 0 Å². The Kier molecular flexibility index (Phi) is 3.61. The molecule has 0 radical (unpaired) electrons. The van der Waals surface area contributed by atoms with Crippen LogP contribution in [0.15, 0.2) is 95.5 Å². The van der Waals surface area contributed by atoms with Crippen molar-refractivity contribution in [2.24, 2.45) is 0 Å². The molecular weight excluding hydrogens is 384 g/mol. The average Bonchev–Trinajstić information content (AvgIpc) is 3.09. The third-order valence-electron chi connectivity index (χ3n) is 4.66. The Morgan fingerprint density at radius 3 is 2.19 bits per heavy atom. The molecule has 2 nitrogen and oxygen atoms in total. The molecule has 2 heterocycles. The number of hydrogen-bond donors (Lipinski definition) is 0. The van der Waals surface area contributed by atoms with Crippen LogP contribution in [0.25, 0.3) is 39.1 Å². The van der Waals surface area contributed by atoms with Gasteiger partial charge in [-0.1, -0.05) is 76.6 Å². The molecule has 0 N–H and O–H groups in total. The maximum Gasteiger partial charge on any atom is 0.138 e. The first-order chi connectivity index (χ1) is 12.8. The minimum Gasteiger partial charge on any atom is -0.292 e. The quantitative estimate of drug-likeness (QED) is 0.328. The Hall–Kier alpha value is -2.91. The van der Waals surface area contributed by atoms with Gasteiger partial charge in [-0.05, 0) is 35.7 Å². The maximum absolute atomic E-state index is 4.99. The normalized spacial score (nSPS) is 11.3. The van der Waals surface area contributed by atoms with Crippen molar-refractivity contribution in [3.05, 3.63) is 95.5 Å². The Morgan fingerprint density at radius 2 is 1.38 bits per heavy atom. The van der Waals surface area contributed by atoms with E-state index in [0.717, 1.165) is 32.6 Å². The molecule has 2 aromatic heterocycles. The molecule has 0 aliphatic rings. The van der Waals surface area contributed by atoms with Gasteiger partial charge in [-0.3, -0.25) is 4.40 Å². The van der Waals surface area contributed by atoms with Crippen molar-refractivity contribution in [3.8, 4) is 22.5 Å². The van der Waals surface area contributed by atoms with Gasteiger partial charge in [0.25, 0.3) is 0 Å². The number of fused-ring (bicyclic) bond motifs is 3. The van der Waals surface area contributed by atoms with Gasteiger partial charge in [0.2, 0.25) is 0 Å². The van der Waals surface area contributed by atoms with Gasteiger partial charge in [0.05, 0.1) is 16.9 Å². The molecule has 0 fully saturated rings. The van der Waals surface area contributed by atoms with Gasteiger partial charge >= 0.3 is 0 Å². The first-order valence-electron chi connectivity index (χ1n) is 8.53. The number of para-hydroxylation sites is 1. The smallest absolute Gasteiger partial charge is 0.138 e. The summed E-state index contributed by atoms with van der Waals surface area (Å²) in [6.45, 7) is 0. The maximum atomic E-state index is 4.99. The van der Waals surface area contributed by atoms with E-state index in [9.17, 15) is 0 Å². The van der Waals surface area contributed by atoms with E-state index in [0.29, 0.717) is 0 Å². The van der Waals surface area contributed by atoms with Crippen molar-refractivity contribution in [3.63, 3.8) is 0 Å². The van der Waals surface area contributed by atoms with Gasteiger partial charge in [0.15, 0.2) is 0 Å². The summed E-state index contributed by atoms with van der Waals surface area (Å²) in [4.78, 5) is 4.99. The minimum atomic E-state index is 0.959. The highest BCUT2D eigenvalue weighted by molar-refractivity contribution is 9.10. The van der Waals surface area contributed by atoms with Crippen LogP contribution in [-0.2, 0) is 0 Å². The van der Waals surface area contributed by atoms with Crippen LogP contribution in [-0.4, -0.2) is 9.38 Å². The minimum absolute atomic E-state index is 0.959. The van der Waals surface area contributed by atoms with Crippen LogP contribution >= 0.6 is 15.9 Å². The van der Waals surface area contributed by atoms with Gasteiger partial charge in [0.1, 0.15) is 5.65 Å². The van der Waals surface area contributed by atoms with Crippen LogP contribution in [0.5, 0.6) is 0 Å². The number of pyridine rings is 1. The van der Waals surface area contributed by atoms with Crippen LogP contribution in [0.1, 0.15) is 0 Å². The largest absolute Gasteiger partial charge is 0.292 e. The van der Waals surface area contributed by atoms with Crippen LogP contribution in [0.3, 0.4) is 0 Å². The van der Waals surface area contributed by atoms with Crippen molar-refractivity contribution in [2.45, 2.75) is 0 Å². The standard InChI is InChI=1S/C23H15BrN2/c24-19-13-10-17(11-14-19)22-23(18-7-2-1-3-8-18)26-20-9-5-4-6-16(20)12-15-21(26)25-22/h1-15H. The van der Waals surface area contributed by atoms with Gasteiger partial charge in [-0.25, -0.2) is 4.98 Å². The van der Waals surface area contributed by atoms with Gasteiger partial charge < -0.3 is 0 Å². The molecule has 5 rings (SSSR count). The number of rotatable bonds is 2. The SMILES string of the molecule is Brc1ccc(-c2nc3ccc4ccccc4n3c2-c2ccccc2)cc1. The summed E-state index contributed by atoms with van der Waals surface area (Å²) in [6.07, 6.45) is 0. The van der Waals surface area contributed by atoms with E-state index in [1.54, 1.807) is 0 Å². The topological polar surface area (TPSA) is 17.3 Å². The van der Waals surface area contributed by atoms with Crippen molar-refractivity contribution in [1.82, 2.24) is 9.38 Å². The second-order valence-electron chi connectivity index (χ2n) is 6.27. The monoisotopic (exact) mass is 398 g/mol. The van der Waals surface area contributed by atoms with Crippen molar-refractivity contribution >= 4 is 32.5 Å². The molecule has 0 bridgehead atoms. The fourth-order valence-corrected chi connectivity index (χ4v) is 3.73. The first kappa shape index (κ1) is 15.4. The van der Waals surface area contributed by atoms with Crippen LogP contribution in [0.2, 0.25) is 0 Å². The van der Waals surface area contributed by atoms with Crippen molar-refractivity contribution < 1.29 is 0 Å². The lowest BCUT2D eigenvalue weighted by Gasteiger charge is -2.08. The molecule has 0 spiro atoms. The molecule has 0 saturated heterocycles. The van der Waals surface area contributed by atoms with E-state index in [1.165, 1.54) is 10.9 Å². The second-order valence-corrected chi connectivity index (χ2v) is 7.18. The molecular formula is C23H15BrN2. The fraction of sp³-hybridized carbons (Fsp3) is 0. The van der Waals surface area contributed by atoms with E-state index in [1.807, 2.05) is 6.07 Å². The van der Waals surface area contributed by atoms with E-state index < -0.39 is 0 Å². The number of imidazole rings is 1. The highest BCUT2D eigenvalue weighted by Gasteiger charge is 2.17. The summed E-state index contributed by atoms with van der Waals surface area (Å²) in [6, 6.07) is 31.5. The molecule has 0 atom stereocenters. The fourth-order valence-electron chi connectivity index (χ4n) is 3.46. The number of benzene rings is 3. The number of nitrogens with zero attached hydrogens (tertiary/aromatic N) is 2. The number of halogens is 1. The molecule has 0 unspecified atom stereocenters. The predicted octanol–water partition coefficient (Wildman–Crippen LogP) is 6.58. The Labute approximate surface area is 159 Å². The van der Waals surface area contributed by atoms with E-state index >= 15 is 0 Å². The number of hydrogen-bond acceptors (Lipinski definition) is 1. The molecule has 5 aromatic rings. The highest BCUT2D eigenvalue weighted by Crippen LogP contribution is 2.35. The van der Waals surface area contributed by atoms with Crippen molar-refractivity contribution in [2.75, 3.05) is 0 Å². The highest BCUT2D eigenvalue weighted by atomic mass is 79.9. The third-order valence-corrected chi connectivity index (χ3v) is 5.19. The predicted molar refractivity (Wildman–Crippen MR) is 111 cm³/mol. The third kappa shape index (κ3) is 2.44. The average molecular weight is 399 g/mol. The molecule has 0 saturated carbocycles. The van der Waals surface area contributed by atoms with Gasteiger partial charge in [-0.15, -0.1) is 0 Å². The van der Waals surface area contributed by atoms with Gasteiger partial charge in [0, 0.05) is 15.6 Å². The lowest BCUT2D eigenvalue weighted by Crippen LogP contribution is -1.92. The summed E-state index contributed by atoms with van der Waals surface area (Å²) in [5.41, 5.74) is 6.52. The van der Waals surface area contributed by atoms with E-state index in [2.05, 4.69) is 105 Å². The Morgan fingerprint density at radius 1 is 0.654 bits per heavy atom. The summed E-state index contributed by atoms with van der Waals surface area (Å²) in [5, 5.41) is 1.21. The molecule has 0 aliphatic carbocycles. The Balaban J connectivity index is 1.93. The zero-order chi connectivity index (χ0) is 17.5. The molecule has 0 amide bonds. The number of aromatic nitrogens is 2. The van der Waals surface area contributed by atoms with Crippen LogP contribution in [0, 0.1) is 0 Å². The lowest BCUT2D eigenvalue weighted by molar-refractivity contribution is 1.26. The molecule has 26 heavy (non-hydrogen) atoms. The van der Waals surface area contributed by atoms with Crippen molar-refractivity contribution in [1.29, 1.82) is 0 Å². The summed E-state index contributed by atoms with van der Waals surface area (Å²) in [5.74, 6) is 0. The van der Waals surface area contributed by atoms with E-state index in [-0.39, 0.29) is 0 Å². The zero-order valence-corrected chi connectivity index (χ0v) is 15.5. The first-order valence-corrected chi connectivity index (χ1v) is 9.32. The zero-order valence-electron chi connectivity index (χ0n) is 13.9. The molecule has 124 valence electrons. The molecule has 0 aliphatic heterocycles. The molecule has 3 aromatic carbocycles. The second kappa shape index (κ2) is 6.11. The van der Waals surface area contributed by atoms with E-state index in [4.69, 9.17) is 4.98 Å². The lowest BCUT2D eigenvalue weighted by atomic mass is 10.0. The Bertz CT molecular complexity index is 1220. The molecule has 3 heteroatoms. The van der Waals surface area contributed by atoms with Crippen LogP contribution < -0.4 is 0 Å². The summed E-state index contributed by atoms with van der Waals surface area (Å²) in [7, 11) is 0. The summed E-state index contributed by atoms with van der Waals surface area (Å²) < 4.78 is 3.33. The summed E-state index contributed by atoms with van der Waals surface area (Å²) >= 11 is 3.52. The van der Waals surface area contributed by atoms with Gasteiger partial charge in [-0.2, -0.15) is 0 Å².